The van der Waals surface area contributed by atoms with Crippen molar-refractivity contribution in [2.45, 2.75) is 26.1 Å². The van der Waals surface area contributed by atoms with Gasteiger partial charge in [0.25, 0.3) is 0 Å². The number of pyridine rings is 1. The summed E-state index contributed by atoms with van der Waals surface area (Å²) >= 11 is 6.01. The zero-order chi connectivity index (χ0) is 18.1. The average Bonchev–Trinajstić information content (AvgIpc) is 3.00. The number of hydrogen-bond acceptors (Lipinski definition) is 4. The van der Waals surface area contributed by atoms with Gasteiger partial charge in [0.2, 0.25) is 0 Å². The number of benzene rings is 1. The smallest absolute Gasteiger partial charge is 0.141 e. The second-order valence-electron chi connectivity index (χ2n) is 6.21. The van der Waals surface area contributed by atoms with Crippen LogP contribution in [0.5, 0.6) is 0 Å². The number of hydrogen-bond donors (Lipinski definition) is 1. The first-order valence-electron chi connectivity index (χ1n) is 8.32. The predicted molar refractivity (Wildman–Crippen MR) is 101 cm³/mol. The summed E-state index contributed by atoms with van der Waals surface area (Å²) in [6.45, 7) is 2.57. The quantitative estimate of drug-likeness (QED) is 0.672. The Hall–Kier alpha value is -2.81. The highest BCUT2D eigenvalue weighted by atomic mass is 35.5. The molecule has 130 valence electrons. The van der Waals surface area contributed by atoms with Crippen molar-refractivity contribution in [3.8, 4) is 17.5 Å². The minimum atomic E-state index is 0.146. The lowest BCUT2D eigenvalue weighted by molar-refractivity contribution is 0.0397. The molecule has 26 heavy (non-hydrogen) atoms. The van der Waals surface area contributed by atoms with Crippen molar-refractivity contribution >= 4 is 17.4 Å². The highest BCUT2D eigenvalue weighted by molar-refractivity contribution is 6.30. The normalized spacial score (nSPS) is 15.8. The van der Waals surface area contributed by atoms with Gasteiger partial charge in [0.1, 0.15) is 11.5 Å². The largest absolute Gasteiger partial charge is 0.384 e. The van der Waals surface area contributed by atoms with Gasteiger partial charge in [0.05, 0.1) is 24.1 Å². The monoisotopic (exact) mass is 364 g/mol. The van der Waals surface area contributed by atoms with Crippen molar-refractivity contribution in [3.05, 3.63) is 70.1 Å². The maximum absolute atomic E-state index is 6.01. The summed E-state index contributed by atoms with van der Waals surface area (Å²) in [5.41, 5.74) is 10.3. The van der Waals surface area contributed by atoms with E-state index in [1.165, 1.54) is 0 Å². The number of aromatic nitrogens is 3. The summed E-state index contributed by atoms with van der Waals surface area (Å²) in [4.78, 5) is 4.06. The Bertz CT molecular complexity index is 997. The molecule has 0 radical (unpaired) electrons. The Morgan fingerprint density at radius 2 is 2.00 bits per heavy atom. The predicted octanol–water partition coefficient (Wildman–Crippen LogP) is 3.36. The average molecular weight is 365 g/mol. The van der Waals surface area contributed by atoms with Gasteiger partial charge in [-0.05, 0) is 49.2 Å². The minimum Gasteiger partial charge on any atom is -0.384 e. The van der Waals surface area contributed by atoms with E-state index in [2.05, 4.69) is 23.7 Å². The van der Waals surface area contributed by atoms with Gasteiger partial charge in [-0.3, -0.25) is 0 Å². The fraction of sp³-hybridized carbons (Fsp3) is 0.200. The van der Waals surface area contributed by atoms with Crippen molar-refractivity contribution in [3.63, 3.8) is 0 Å². The molecular formula is C20H17ClN4O. The van der Waals surface area contributed by atoms with Gasteiger partial charge in [0, 0.05) is 28.8 Å². The molecule has 1 aliphatic heterocycles. The molecule has 1 atom stereocenters. The Morgan fingerprint density at radius 3 is 2.73 bits per heavy atom. The van der Waals surface area contributed by atoms with Gasteiger partial charge in [-0.2, -0.15) is 5.10 Å². The van der Waals surface area contributed by atoms with Crippen LogP contribution in [0.25, 0.3) is 5.69 Å². The molecule has 0 bridgehead atoms. The van der Waals surface area contributed by atoms with Crippen molar-refractivity contribution in [1.29, 1.82) is 0 Å². The van der Waals surface area contributed by atoms with Crippen LogP contribution in [-0.4, -0.2) is 20.9 Å². The highest BCUT2D eigenvalue weighted by Crippen LogP contribution is 2.26. The summed E-state index contributed by atoms with van der Waals surface area (Å²) in [6.07, 6.45) is 2.59. The van der Waals surface area contributed by atoms with Crippen molar-refractivity contribution < 1.29 is 4.74 Å². The summed E-state index contributed by atoms with van der Waals surface area (Å²) in [5.74, 6) is 6.73. The third kappa shape index (κ3) is 3.30. The van der Waals surface area contributed by atoms with Gasteiger partial charge >= 0.3 is 0 Å². The van der Waals surface area contributed by atoms with Gasteiger partial charge in [-0.1, -0.05) is 17.5 Å². The van der Waals surface area contributed by atoms with Crippen LogP contribution in [0, 0.1) is 11.8 Å². The Balaban J connectivity index is 1.77. The second-order valence-corrected chi connectivity index (χ2v) is 6.65. The van der Waals surface area contributed by atoms with E-state index >= 15 is 0 Å². The third-order valence-electron chi connectivity index (χ3n) is 4.27. The topological polar surface area (TPSA) is 66.0 Å². The minimum absolute atomic E-state index is 0.146. The number of fused-ring (bicyclic) bond motifs is 1. The fourth-order valence-electron chi connectivity index (χ4n) is 2.91. The maximum atomic E-state index is 6.01. The van der Waals surface area contributed by atoms with Crippen molar-refractivity contribution in [2.24, 2.45) is 0 Å². The van der Waals surface area contributed by atoms with Gasteiger partial charge < -0.3 is 10.5 Å². The van der Waals surface area contributed by atoms with Crippen LogP contribution in [0.15, 0.2) is 42.6 Å². The first-order chi connectivity index (χ1) is 12.6. The van der Waals surface area contributed by atoms with Gasteiger partial charge in [-0.15, -0.1) is 0 Å². The van der Waals surface area contributed by atoms with Crippen LogP contribution in [0.4, 0.5) is 5.82 Å². The van der Waals surface area contributed by atoms with Crippen LogP contribution < -0.4 is 5.73 Å². The molecule has 0 aliphatic carbocycles. The molecule has 1 aromatic carbocycles. The molecule has 3 heterocycles. The zero-order valence-electron chi connectivity index (χ0n) is 14.2. The number of halogens is 1. The first-order valence-corrected chi connectivity index (χ1v) is 8.70. The van der Waals surface area contributed by atoms with Crippen molar-refractivity contribution in [2.75, 3.05) is 5.73 Å². The summed E-state index contributed by atoms with van der Waals surface area (Å²) < 4.78 is 7.75. The lowest BCUT2D eigenvalue weighted by Gasteiger charge is -2.20. The molecule has 6 heteroatoms. The summed E-state index contributed by atoms with van der Waals surface area (Å²) in [6, 6.07) is 11.2. The van der Waals surface area contributed by atoms with E-state index in [1.807, 2.05) is 35.0 Å². The van der Waals surface area contributed by atoms with E-state index < -0.39 is 0 Å². The number of anilines is 1. The van der Waals surface area contributed by atoms with E-state index in [0.717, 1.165) is 34.6 Å². The van der Waals surface area contributed by atoms with E-state index in [4.69, 9.17) is 27.2 Å². The fourth-order valence-corrected chi connectivity index (χ4v) is 3.04. The molecular weight excluding hydrogens is 348 g/mol. The molecule has 4 rings (SSSR count). The summed E-state index contributed by atoms with van der Waals surface area (Å²) in [7, 11) is 0. The number of ether oxygens (including phenoxy) is 1. The Morgan fingerprint density at radius 1 is 1.19 bits per heavy atom. The van der Waals surface area contributed by atoms with E-state index in [9.17, 15) is 0 Å². The van der Waals surface area contributed by atoms with Gasteiger partial charge in [-0.25, -0.2) is 9.67 Å². The second kappa shape index (κ2) is 6.83. The van der Waals surface area contributed by atoms with Crippen LogP contribution in [0.2, 0.25) is 5.02 Å². The van der Waals surface area contributed by atoms with Crippen LogP contribution in [-0.2, 0) is 17.8 Å². The SMILES string of the molecule is C[C@H]1Cc2c(c(C#Cc3ccc(N)nc3)nn2-c2ccc(Cl)cc2)CO1. The molecule has 2 N–H and O–H groups in total. The maximum Gasteiger partial charge on any atom is 0.141 e. The molecule has 0 saturated carbocycles. The van der Waals surface area contributed by atoms with Crippen LogP contribution >= 0.6 is 11.6 Å². The molecule has 0 saturated heterocycles. The molecule has 3 aromatic rings. The molecule has 1 aliphatic rings. The lowest BCUT2D eigenvalue weighted by Crippen LogP contribution is -2.21. The number of nitrogens with two attached hydrogens (primary N) is 1. The molecule has 0 unspecified atom stereocenters. The zero-order valence-corrected chi connectivity index (χ0v) is 15.0. The summed E-state index contributed by atoms with van der Waals surface area (Å²) in [5, 5.41) is 5.43. The van der Waals surface area contributed by atoms with E-state index in [0.29, 0.717) is 17.4 Å². The molecule has 2 aromatic heterocycles. The van der Waals surface area contributed by atoms with E-state index in [-0.39, 0.29) is 6.10 Å². The van der Waals surface area contributed by atoms with E-state index in [1.54, 1.807) is 12.3 Å². The number of nitrogens with zero attached hydrogens (tertiary/aromatic N) is 3. The molecule has 0 spiro atoms. The van der Waals surface area contributed by atoms with Crippen LogP contribution in [0.1, 0.15) is 29.4 Å². The van der Waals surface area contributed by atoms with Gasteiger partial charge in [0.15, 0.2) is 0 Å². The standard InChI is InChI=1S/C20H17ClN4O/c1-13-10-19-17(12-26-13)18(8-2-14-3-9-20(22)23-11-14)24-25(19)16-6-4-15(21)5-7-16/h3-7,9,11,13H,10,12H2,1H3,(H2,22,23)/t13-/m0/s1. The Labute approximate surface area is 156 Å². The number of nitrogen functional groups attached to an aromatic ring is 1. The first kappa shape index (κ1) is 16.6. The molecule has 0 fully saturated rings. The third-order valence-corrected chi connectivity index (χ3v) is 4.52. The van der Waals surface area contributed by atoms with Crippen LogP contribution in [0.3, 0.4) is 0 Å². The lowest BCUT2D eigenvalue weighted by atomic mass is 10.1. The Kier molecular flexibility index (Phi) is 4.37. The highest BCUT2D eigenvalue weighted by Gasteiger charge is 2.24. The molecule has 5 nitrogen and oxygen atoms in total. The van der Waals surface area contributed by atoms with Crippen molar-refractivity contribution in [1.82, 2.24) is 14.8 Å². The number of rotatable bonds is 1. The molecule has 0 amide bonds.